The van der Waals surface area contributed by atoms with Crippen LogP contribution in [0.3, 0.4) is 0 Å². The average molecular weight is 388 g/mol. The number of rotatable bonds is 5. The van der Waals surface area contributed by atoms with Crippen molar-refractivity contribution in [1.82, 2.24) is 9.55 Å². The molecule has 0 saturated heterocycles. The molecule has 4 rings (SSSR count). The lowest BCUT2D eigenvalue weighted by molar-refractivity contribution is -0.118. The van der Waals surface area contributed by atoms with Gasteiger partial charge in [0.2, 0.25) is 5.91 Å². The molecule has 1 aliphatic rings. The Labute approximate surface area is 169 Å². The largest absolute Gasteiger partial charge is 0.368 e. The number of amides is 1. The van der Waals surface area contributed by atoms with Gasteiger partial charge in [0.15, 0.2) is 5.78 Å². The van der Waals surface area contributed by atoms with Crippen molar-refractivity contribution in [2.75, 3.05) is 5.32 Å². The van der Waals surface area contributed by atoms with E-state index >= 15 is 0 Å². The molecule has 0 unspecified atom stereocenters. The monoisotopic (exact) mass is 388 g/mol. The molecule has 0 radical (unpaired) electrons. The molecule has 0 fully saturated rings. The standard InChI is InChI=1S/C23H24N4O2/c1-23(2)12-17-20(18(28)13-23)21(26-16-6-4-3-5-7-16)22(27(17)14-19(24)29)15-8-10-25-11-9-15/h3-11,26H,12-14H2,1-2H3,(H2,24,29). The van der Waals surface area contributed by atoms with Gasteiger partial charge in [0.25, 0.3) is 0 Å². The number of nitrogens with one attached hydrogen (secondary N) is 1. The van der Waals surface area contributed by atoms with Crippen LogP contribution in [0, 0.1) is 5.41 Å². The molecule has 148 valence electrons. The van der Waals surface area contributed by atoms with Gasteiger partial charge in [-0.3, -0.25) is 14.6 Å². The third-order valence-corrected chi connectivity index (χ3v) is 5.25. The first-order chi connectivity index (χ1) is 13.9. The molecule has 0 aliphatic heterocycles. The number of primary amides is 1. The Morgan fingerprint density at radius 2 is 1.83 bits per heavy atom. The predicted molar refractivity (Wildman–Crippen MR) is 113 cm³/mol. The summed E-state index contributed by atoms with van der Waals surface area (Å²) in [7, 11) is 0. The first-order valence-electron chi connectivity index (χ1n) is 9.65. The summed E-state index contributed by atoms with van der Waals surface area (Å²) in [5, 5.41) is 3.44. The van der Waals surface area contributed by atoms with Gasteiger partial charge in [-0.2, -0.15) is 0 Å². The van der Waals surface area contributed by atoms with Crippen molar-refractivity contribution in [3.8, 4) is 11.3 Å². The van der Waals surface area contributed by atoms with E-state index in [1.165, 1.54) is 0 Å². The predicted octanol–water partition coefficient (Wildman–Crippen LogP) is 3.93. The van der Waals surface area contributed by atoms with Crippen molar-refractivity contribution in [2.24, 2.45) is 11.1 Å². The number of anilines is 2. The number of Topliss-reactive ketones (excluding diaryl/α,β-unsaturated/α-hetero) is 1. The lowest BCUT2D eigenvalue weighted by atomic mass is 9.76. The van der Waals surface area contributed by atoms with E-state index in [0.29, 0.717) is 18.4 Å². The minimum Gasteiger partial charge on any atom is -0.368 e. The van der Waals surface area contributed by atoms with Gasteiger partial charge in [0, 0.05) is 35.8 Å². The zero-order valence-corrected chi connectivity index (χ0v) is 16.6. The Morgan fingerprint density at radius 1 is 1.14 bits per heavy atom. The molecule has 29 heavy (non-hydrogen) atoms. The van der Waals surface area contributed by atoms with Gasteiger partial charge in [0.05, 0.1) is 16.9 Å². The second-order valence-electron chi connectivity index (χ2n) is 8.27. The first kappa shape index (κ1) is 18.9. The van der Waals surface area contributed by atoms with Crippen LogP contribution in [0.1, 0.15) is 36.3 Å². The van der Waals surface area contributed by atoms with Gasteiger partial charge in [-0.1, -0.05) is 32.0 Å². The molecule has 2 heterocycles. The fraction of sp³-hybridized carbons (Fsp3) is 0.261. The Kier molecular flexibility index (Phi) is 4.70. The number of benzene rings is 1. The number of aromatic nitrogens is 2. The molecule has 0 bridgehead atoms. The van der Waals surface area contributed by atoms with Crippen molar-refractivity contribution in [2.45, 2.75) is 33.2 Å². The van der Waals surface area contributed by atoms with Crippen molar-refractivity contribution in [1.29, 1.82) is 0 Å². The van der Waals surface area contributed by atoms with Crippen molar-refractivity contribution >= 4 is 23.1 Å². The average Bonchev–Trinajstić information content (AvgIpc) is 2.95. The smallest absolute Gasteiger partial charge is 0.237 e. The highest BCUT2D eigenvalue weighted by atomic mass is 16.1. The molecule has 1 aromatic carbocycles. The summed E-state index contributed by atoms with van der Waals surface area (Å²) in [6.45, 7) is 4.16. The minimum absolute atomic E-state index is 0.0137. The van der Waals surface area contributed by atoms with E-state index in [-0.39, 0.29) is 17.7 Å². The summed E-state index contributed by atoms with van der Waals surface area (Å²) >= 11 is 0. The van der Waals surface area contributed by atoms with Crippen LogP contribution in [0.2, 0.25) is 0 Å². The van der Waals surface area contributed by atoms with Gasteiger partial charge in [0.1, 0.15) is 6.54 Å². The van der Waals surface area contributed by atoms with Crippen LogP contribution in [0.15, 0.2) is 54.9 Å². The van der Waals surface area contributed by atoms with E-state index in [4.69, 9.17) is 5.73 Å². The van der Waals surface area contributed by atoms with Crippen LogP contribution in [0.4, 0.5) is 11.4 Å². The molecule has 1 amide bonds. The van der Waals surface area contributed by atoms with Crippen LogP contribution in [-0.2, 0) is 17.8 Å². The number of nitrogens with two attached hydrogens (primary N) is 1. The second kappa shape index (κ2) is 7.20. The molecule has 0 spiro atoms. The van der Waals surface area contributed by atoms with Gasteiger partial charge < -0.3 is 15.6 Å². The maximum absolute atomic E-state index is 13.2. The van der Waals surface area contributed by atoms with Gasteiger partial charge in [-0.05, 0) is 36.1 Å². The number of fused-ring (bicyclic) bond motifs is 1. The second-order valence-corrected chi connectivity index (χ2v) is 8.27. The van der Waals surface area contributed by atoms with Gasteiger partial charge in [-0.25, -0.2) is 0 Å². The maximum Gasteiger partial charge on any atom is 0.237 e. The number of pyridine rings is 1. The normalized spacial score (nSPS) is 15.0. The third-order valence-electron chi connectivity index (χ3n) is 5.25. The third kappa shape index (κ3) is 3.66. The molecule has 1 aliphatic carbocycles. The molecule has 3 aromatic rings. The lowest BCUT2D eigenvalue weighted by Crippen LogP contribution is -2.30. The molecular formula is C23H24N4O2. The van der Waals surface area contributed by atoms with E-state index in [9.17, 15) is 9.59 Å². The molecule has 0 saturated carbocycles. The highest BCUT2D eigenvalue weighted by Crippen LogP contribution is 2.45. The molecule has 3 N–H and O–H groups in total. The summed E-state index contributed by atoms with van der Waals surface area (Å²) < 4.78 is 1.90. The fourth-order valence-electron chi connectivity index (χ4n) is 4.12. The maximum atomic E-state index is 13.2. The zero-order valence-electron chi connectivity index (χ0n) is 16.6. The quantitative estimate of drug-likeness (QED) is 0.693. The van der Waals surface area contributed by atoms with E-state index in [0.717, 1.165) is 28.3 Å². The Balaban J connectivity index is 2.00. The van der Waals surface area contributed by atoms with E-state index in [1.807, 2.05) is 47.0 Å². The van der Waals surface area contributed by atoms with E-state index in [1.54, 1.807) is 12.4 Å². The van der Waals surface area contributed by atoms with Crippen molar-refractivity contribution in [3.63, 3.8) is 0 Å². The van der Waals surface area contributed by atoms with Crippen LogP contribution < -0.4 is 11.1 Å². The Hall–Kier alpha value is -3.41. The number of para-hydroxylation sites is 1. The van der Waals surface area contributed by atoms with Crippen LogP contribution >= 0.6 is 0 Å². The summed E-state index contributed by atoms with van der Waals surface area (Å²) in [5.41, 5.74) is 10.2. The molecule has 0 atom stereocenters. The van der Waals surface area contributed by atoms with Crippen molar-refractivity contribution < 1.29 is 9.59 Å². The Bertz CT molecular complexity index is 1070. The summed E-state index contributed by atoms with van der Waals surface area (Å²) in [6, 6.07) is 13.5. The topological polar surface area (TPSA) is 90.0 Å². The molecule has 2 aromatic heterocycles. The fourth-order valence-corrected chi connectivity index (χ4v) is 4.12. The van der Waals surface area contributed by atoms with Crippen LogP contribution in [0.5, 0.6) is 0 Å². The molecule has 6 heteroatoms. The summed E-state index contributed by atoms with van der Waals surface area (Å²) in [6.07, 6.45) is 4.55. The first-order valence-corrected chi connectivity index (χ1v) is 9.65. The Morgan fingerprint density at radius 3 is 2.48 bits per heavy atom. The number of nitrogens with zero attached hydrogens (tertiary/aromatic N) is 2. The van der Waals surface area contributed by atoms with Crippen LogP contribution in [-0.4, -0.2) is 21.2 Å². The molecular weight excluding hydrogens is 364 g/mol. The number of ketones is 1. The van der Waals surface area contributed by atoms with Crippen molar-refractivity contribution in [3.05, 3.63) is 66.1 Å². The van der Waals surface area contributed by atoms with E-state index < -0.39 is 5.91 Å². The summed E-state index contributed by atoms with van der Waals surface area (Å²) in [4.78, 5) is 29.3. The number of hydrogen-bond acceptors (Lipinski definition) is 4. The minimum atomic E-state index is -0.444. The number of carbonyl (C=O) groups excluding carboxylic acids is 2. The number of carbonyl (C=O) groups is 2. The van der Waals surface area contributed by atoms with E-state index in [2.05, 4.69) is 24.1 Å². The van der Waals surface area contributed by atoms with Crippen LogP contribution in [0.25, 0.3) is 11.3 Å². The SMILES string of the molecule is CC1(C)CC(=O)c2c(Nc3ccccc3)c(-c3ccncc3)n(CC(N)=O)c2C1. The molecule has 6 nitrogen and oxygen atoms in total. The highest BCUT2D eigenvalue weighted by Gasteiger charge is 2.38. The van der Waals surface area contributed by atoms with Gasteiger partial charge in [-0.15, -0.1) is 0 Å². The number of hydrogen-bond donors (Lipinski definition) is 2. The zero-order chi connectivity index (χ0) is 20.6. The van der Waals surface area contributed by atoms with Gasteiger partial charge >= 0.3 is 0 Å². The highest BCUT2D eigenvalue weighted by molar-refractivity contribution is 6.08. The lowest BCUT2D eigenvalue weighted by Gasteiger charge is -2.29. The summed E-state index contributed by atoms with van der Waals surface area (Å²) in [5.74, 6) is -0.367.